The van der Waals surface area contributed by atoms with E-state index in [-0.39, 0.29) is 6.04 Å². The molecule has 0 aliphatic carbocycles. The predicted molar refractivity (Wildman–Crippen MR) is 87.4 cm³/mol. The van der Waals surface area contributed by atoms with Gasteiger partial charge in [-0.1, -0.05) is 49.4 Å². The number of nitrogens with one attached hydrogen (secondary N) is 2. The molecule has 0 aliphatic heterocycles. The third-order valence-corrected chi connectivity index (χ3v) is 3.92. The number of hydrogen-bond acceptors (Lipinski definition) is 2. The molecule has 2 N–H and O–H groups in total. The molecule has 2 unspecified atom stereocenters. The highest BCUT2D eigenvalue weighted by atomic mass is 15.0. The summed E-state index contributed by atoms with van der Waals surface area (Å²) in [6.07, 6.45) is 0. The van der Waals surface area contributed by atoms with Crippen molar-refractivity contribution in [3.8, 4) is 0 Å². The molecule has 3 nitrogen and oxygen atoms in total. The van der Waals surface area contributed by atoms with Crippen LogP contribution >= 0.6 is 0 Å². The average molecular weight is 279 g/mol. The molecule has 0 radical (unpaired) electrons. The van der Waals surface area contributed by atoms with Crippen molar-refractivity contribution in [2.75, 3.05) is 6.54 Å². The molecular weight excluding hydrogens is 258 g/mol. The van der Waals surface area contributed by atoms with E-state index in [4.69, 9.17) is 0 Å². The Kier molecular flexibility index (Phi) is 4.02. The van der Waals surface area contributed by atoms with Crippen LogP contribution in [0.5, 0.6) is 0 Å². The molecule has 108 valence electrons. The molecule has 3 rings (SSSR count). The smallest absolute Gasteiger partial charge is 0.124 e. The number of fused-ring (bicyclic) bond motifs is 1. The molecule has 1 heterocycles. The number of para-hydroxylation sites is 2. The number of H-pyrrole nitrogens is 1. The van der Waals surface area contributed by atoms with Crippen LogP contribution in [0.4, 0.5) is 0 Å². The van der Waals surface area contributed by atoms with E-state index < -0.39 is 0 Å². The normalized spacial score (nSPS) is 14.2. The molecular formula is C18H21N3. The van der Waals surface area contributed by atoms with Crippen molar-refractivity contribution >= 4 is 11.0 Å². The second-order valence-corrected chi connectivity index (χ2v) is 5.58. The number of imidazole rings is 1. The van der Waals surface area contributed by atoms with Crippen LogP contribution in [-0.2, 0) is 0 Å². The Morgan fingerprint density at radius 2 is 1.71 bits per heavy atom. The van der Waals surface area contributed by atoms with E-state index in [0.29, 0.717) is 5.92 Å². The highest BCUT2D eigenvalue weighted by molar-refractivity contribution is 5.74. The molecule has 1 aromatic heterocycles. The summed E-state index contributed by atoms with van der Waals surface area (Å²) in [5, 5.41) is 3.56. The maximum atomic E-state index is 4.65. The molecule has 21 heavy (non-hydrogen) atoms. The second kappa shape index (κ2) is 6.10. The monoisotopic (exact) mass is 279 g/mol. The maximum Gasteiger partial charge on any atom is 0.124 e. The van der Waals surface area contributed by atoms with E-state index in [9.17, 15) is 0 Å². The van der Waals surface area contributed by atoms with Gasteiger partial charge in [0.1, 0.15) is 5.82 Å². The summed E-state index contributed by atoms with van der Waals surface area (Å²) < 4.78 is 0. The van der Waals surface area contributed by atoms with Gasteiger partial charge in [-0.3, -0.25) is 0 Å². The molecule has 0 saturated carbocycles. The molecule has 0 bridgehead atoms. The van der Waals surface area contributed by atoms with Crippen molar-refractivity contribution in [3.05, 3.63) is 66.0 Å². The third kappa shape index (κ3) is 3.14. The number of aromatic nitrogens is 2. The summed E-state index contributed by atoms with van der Waals surface area (Å²) in [4.78, 5) is 8.03. The van der Waals surface area contributed by atoms with Crippen LogP contribution in [-0.4, -0.2) is 16.5 Å². The minimum atomic E-state index is 0.212. The van der Waals surface area contributed by atoms with Crippen molar-refractivity contribution in [1.29, 1.82) is 0 Å². The van der Waals surface area contributed by atoms with Crippen LogP contribution in [0.3, 0.4) is 0 Å². The van der Waals surface area contributed by atoms with Gasteiger partial charge in [0.2, 0.25) is 0 Å². The van der Waals surface area contributed by atoms with Gasteiger partial charge >= 0.3 is 0 Å². The Bertz CT molecular complexity index is 670. The predicted octanol–water partition coefficient (Wildman–Crippen LogP) is 4.02. The summed E-state index contributed by atoms with van der Waals surface area (Å²) in [5.74, 6) is 1.48. The van der Waals surface area contributed by atoms with Gasteiger partial charge in [0.25, 0.3) is 0 Å². The first-order valence-electron chi connectivity index (χ1n) is 7.47. The highest BCUT2D eigenvalue weighted by Crippen LogP contribution is 2.18. The summed E-state index contributed by atoms with van der Waals surface area (Å²) in [6.45, 7) is 5.32. The van der Waals surface area contributed by atoms with Gasteiger partial charge < -0.3 is 10.3 Å². The zero-order valence-corrected chi connectivity index (χ0v) is 12.5. The Hall–Kier alpha value is -2.13. The van der Waals surface area contributed by atoms with Crippen molar-refractivity contribution in [3.63, 3.8) is 0 Å². The van der Waals surface area contributed by atoms with E-state index in [0.717, 1.165) is 23.4 Å². The minimum Gasteiger partial charge on any atom is -0.341 e. The van der Waals surface area contributed by atoms with Crippen molar-refractivity contribution in [2.24, 2.45) is 0 Å². The van der Waals surface area contributed by atoms with Crippen LogP contribution in [0.2, 0.25) is 0 Å². The fourth-order valence-electron chi connectivity index (χ4n) is 2.53. The average Bonchev–Trinajstić information content (AvgIpc) is 2.97. The Morgan fingerprint density at radius 1 is 1.00 bits per heavy atom. The topological polar surface area (TPSA) is 40.7 Å². The van der Waals surface area contributed by atoms with Gasteiger partial charge in [-0.25, -0.2) is 4.98 Å². The number of aromatic amines is 1. The Labute approximate surface area is 125 Å². The number of hydrogen-bond donors (Lipinski definition) is 2. The fourth-order valence-corrected chi connectivity index (χ4v) is 2.53. The van der Waals surface area contributed by atoms with Crippen LogP contribution in [0.25, 0.3) is 11.0 Å². The Morgan fingerprint density at radius 3 is 2.48 bits per heavy atom. The van der Waals surface area contributed by atoms with Gasteiger partial charge in [0.05, 0.1) is 17.1 Å². The molecule has 2 atom stereocenters. The van der Waals surface area contributed by atoms with Gasteiger partial charge in [0, 0.05) is 6.54 Å². The van der Waals surface area contributed by atoms with Crippen molar-refractivity contribution in [2.45, 2.75) is 25.8 Å². The standard InChI is InChI=1S/C18H21N3/c1-13(15-8-4-3-5-9-15)12-19-14(2)18-20-16-10-6-7-11-17(16)21-18/h3-11,13-14,19H,12H2,1-2H3,(H,20,21). The fraction of sp³-hybridized carbons (Fsp3) is 0.278. The number of rotatable bonds is 5. The Balaban J connectivity index is 1.65. The van der Waals surface area contributed by atoms with Gasteiger partial charge in [-0.05, 0) is 30.5 Å². The number of benzene rings is 2. The largest absolute Gasteiger partial charge is 0.341 e. The molecule has 0 amide bonds. The van der Waals surface area contributed by atoms with E-state index in [2.05, 4.69) is 65.5 Å². The van der Waals surface area contributed by atoms with Gasteiger partial charge in [-0.2, -0.15) is 0 Å². The second-order valence-electron chi connectivity index (χ2n) is 5.58. The lowest BCUT2D eigenvalue weighted by molar-refractivity contribution is 0.521. The lowest BCUT2D eigenvalue weighted by Gasteiger charge is -2.16. The van der Waals surface area contributed by atoms with Gasteiger partial charge in [-0.15, -0.1) is 0 Å². The van der Waals surface area contributed by atoms with E-state index in [1.807, 2.05) is 18.2 Å². The SMILES string of the molecule is CC(CNC(C)c1nc2ccccc2[nH]1)c1ccccc1. The van der Waals surface area contributed by atoms with E-state index in [1.54, 1.807) is 0 Å². The molecule has 3 heteroatoms. The van der Waals surface area contributed by atoms with Gasteiger partial charge in [0.15, 0.2) is 0 Å². The first-order valence-corrected chi connectivity index (χ1v) is 7.47. The molecule has 0 fully saturated rings. The summed E-state index contributed by atoms with van der Waals surface area (Å²) in [5.41, 5.74) is 3.48. The zero-order chi connectivity index (χ0) is 14.7. The molecule has 0 saturated heterocycles. The third-order valence-electron chi connectivity index (χ3n) is 3.92. The van der Waals surface area contributed by atoms with E-state index in [1.165, 1.54) is 5.56 Å². The highest BCUT2D eigenvalue weighted by Gasteiger charge is 2.12. The minimum absolute atomic E-state index is 0.212. The van der Waals surface area contributed by atoms with Crippen molar-refractivity contribution < 1.29 is 0 Å². The molecule has 0 spiro atoms. The van der Waals surface area contributed by atoms with Crippen LogP contribution in [0.15, 0.2) is 54.6 Å². The molecule has 2 aromatic carbocycles. The van der Waals surface area contributed by atoms with Crippen molar-refractivity contribution in [1.82, 2.24) is 15.3 Å². The molecule has 3 aromatic rings. The first kappa shape index (κ1) is 13.8. The number of nitrogens with zero attached hydrogens (tertiary/aromatic N) is 1. The van der Waals surface area contributed by atoms with Crippen LogP contribution in [0.1, 0.15) is 37.2 Å². The summed E-state index contributed by atoms with van der Waals surface area (Å²) >= 11 is 0. The van der Waals surface area contributed by atoms with E-state index >= 15 is 0 Å². The summed E-state index contributed by atoms with van der Waals surface area (Å²) in [7, 11) is 0. The molecule has 0 aliphatic rings. The quantitative estimate of drug-likeness (QED) is 0.740. The van der Waals surface area contributed by atoms with Crippen LogP contribution < -0.4 is 5.32 Å². The van der Waals surface area contributed by atoms with Crippen LogP contribution in [0, 0.1) is 0 Å². The first-order chi connectivity index (χ1) is 10.2. The summed E-state index contributed by atoms with van der Waals surface area (Å²) in [6, 6.07) is 19.0. The lowest BCUT2D eigenvalue weighted by atomic mass is 10.0. The lowest BCUT2D eigenvalue weighted by Crippen LogP contribution is -2.24. The zero-order valence-electron chi connectivity index (χ0n) is 12.5. The maximum absolute atomic E-state index is 4.65.